The molecule has 2 aromatic rings. The first-order chi connectivity index (χ1) is 18.2. The summed E-state index contributed by atoms with van der Waals surface area (Å²) in [4.78, 5) is 20.6. The third-order valence-electron chi connectivity index (χ3n) is 12.2. The molecule has 1 unspecified atom stereocenters. The van der Waals surface area contributed by atoms with E-state index in [0.717, 1.165) is 44.3 Å². The van der Waals surface area contributed by atoms with Gasteiger partial charge in [0.25, 0.3) is 5.56 Å². The van der Waals surface area contributed by atoms with Crippen LogP contribution in [0.2, 0.25) is 0 Å². The molecule has 208 valence electrons. The van der Waals surface area contributed by atoms with Gasteiger partial charge in [-0.2, -0.15) is 0 Å². The number of rotatable bonds is 5. The first-order valence-corrected chi connectivity index (χ1v) is 15.1. The van der Waals surface area contributed by atoms with E-state index in [1.165, 1.54) is 25.7 Å². The molecule has 10 atom stereocenters. The van der Waals surface area contributed by atoms with Crippen LogP contribution in [0.15, 0.2) is 23.0 Å². The zero-order chi connectivity index (χ0) is 26.8. The summed E-state index contributed by atoms with van der Waals surface area (Å²) < 4.78 is 5.37. The fourth-order valence-corrected chi connectivity index (χ4v) is 10.2. The second-order valence-corrected chi connectivity index (χ2v) is 13.8. The third kappa shape index (κ3) is 4.04. The number of hydrogen-bond donors (Lipinski definition) is 3. The van der Waals surface area contributed by atoms with Crippen molar-refractivity contribution in [2.24, 2.45) is 46.3 Å². The molecule has 6 rings (SSSR count). The minimum atomic E-state index is -0.231. The molecule has 0 amide bonds. The standard InChI is InChI=1S/C32H46N2O4/c1-18(8-11-27-33-24-6-5-7-26(38-4)29(24)30(37)34-27)21-9-10-22-28-23(13-15-32(21,22)3)31(2)14-12-20(35)16-19(31)17-25(28)36/h5-7,18-23,25,28,35-36H,8-17H2,1-4H3,(H,33,34,37)/t18-,19+,20-,21-,22+,23?,25+,28+,31+,32-/m1/s1. The van der Waals surface area contributed by atoms with Gasteiger partial charge in [0.15, 0.2) is 0 Å². The van der Waals surface area contributed by atoms with E-state index in [2.05, 4.69) is 25.8 Å². The molecule has 38 heavy (non-hydrogen) atoms. The van der Waals surface area contributed by atoms with Gasteiger partial charge in [-0.1, -0.05) is 26.8 Å². The zero-order valence-electron chi connectivity index (χ0n) is 23.6. The molecule has 4 saturated carbocycles. The summed E-state index contributed by atoms with van der Waals surface area (Å²) in [5.41, 5.74) is 1.09. The van der Waals surface area contributed by atoms with Crippen LogP contribution < -0.4 is 10.3 Å². The van der Waals surface area contributed by atoms with E-state index in [1.807, 2.05) is 12.1 Å². The number of H-pyrrole nitrogens is 1. The van der Waals surface area contributed by atoms with Crippen molar-refractivity contribution in [3.8, 4) is 5.75 Å². The Bertz CT molecular complexity index is 1240. The van der Waals surface area contributed by atoms with E-state index in [-0.39, 0.29) is 28.6 Å². The number of aromatic amines is 1. The predicted octanol–water partition coefficient (Wildman–Crippen LogP) is 5.49. The molecule has 4 aliphatic rings. The fraction of sp³-hybridized carbons (Fsp3) is 0.750. The lowest BCUT2D eigenvalue weighted by Crippen LogP contribution is -2.58. The van der Waals surface area contributed by atoms with Gasteiger partial charge in [-0.3, -0.25) is 4.79 Å². The monoisotopic (exact) mass is 522 g/mol. The van der Waals surface area contributed by atoms with Gasteiger partial charge in [0.1, 0.15) is 17.0 Å². The number of aliphatic hydroxyl groups excluding tert-OH is 2. The average Bonchev–Trinajstić information content (AvgIpc) is 3.25. The van der Waals surface area contributed by atoms with Gasteiger partial charge in [-0.05, 0) is 116 Å². The molecule has 1 heterocycles. The highest BCUT2D eigenvalue weighted by atomic mass is 16.5. The van der Waals surface area contributed by atoms with E-state index in [1.54, 1.807) is 13.2 Å². The summed E-state index contributed by atoms with van der Waals surface area (Å²) in [5, 5.41) is 22.4. The van der Waals surface area contributed by atoms with Crippen molar-refractivity contribution < 1.29 is 14.9 Å². The van der Waals surface area contributed by atoms with Gasteiger partial charge in [-0.15, -0.1) is 0 Å². The summed E-state index contributed by atoms with van der Waals surface area (Å²) >= 11 is 0. The second-order valence-electron chi connectivity index (χ2n) is 13.8. The lowest BCUT2D eigenvalue weighted by Gasteiger charge is -2.62. The average molecular weight is 523 g/mol. The minimum Gasteiger partial charge on any atom is -0.496 e. The summed E-state index contributed by atoms with van der Waals surface area (Å²) in [6, 6.07) is 5.57. The first-order valence-electron chi connectivity index (χ1n) is 15.1. The summed E-state index contributed by atoms with van der Waals surface area (Å²) in [5.74, 6) is 4.50. The van der Waals surface area contributed by atoms with Gasteiger partial charge in [0.05, 0.1) is 24.8 Å². The first kappa shape index (κ1) is 26.3. The topological polar surface area (TPSA) is 95.4 Å². The molecule has 6 nitrogen and oxygen atoms in total. The van der Waals surface area contributed by atoms with E-state index in [4.69, 9.17) is 9.72 Å². The molecule has 6 heteroatoms. The van der Waals surface area contributed by atoms with Crippen molar-refractivity contribution >= 4 is 10.9 Å². The van der Waals surface area contributed by atoms with Gasteiger partial charge >= 0.3 is 0 Å². The maximum Gasteiger partial charge on any atom is 0.262 e. The van der Waals surface area contributed by atoms with Crippen LogP contribution in [0.4, 0.5) is 0 Å². The van der Waals surface area contributed by atoms with Crippen LogP contribution in [-0.4, -0.2) is 39.5 Å². The molecule has 0 radical (unpaired) electrons. The quantitative estimate of drug-likeness (QED) is 0.483. The number of aryl methyl sites for hydroxylation is 1. The van der Waals surface area contributed by atoms with Crippen molar-refractivity contribution in [3.63, 3.8) is 0 Å². The molecule has 0 spiro atoms. The third-order valence-corrected chi connectivity index (χ3v) is 12.2. The van der Waals surface area contributed by atoms with E-state index in [0.29, 0.717) is 52.2 Å². The smallest absolute Gasteiger partial charge is 0.262 e. The molecular weight excluding hydrogens is 476 g/mol. The lowest BCUT2D eigenvalue weighted by molar-refractivity contribution is -0.174. The summed E-state index contributed by atoms with van der Waals surface area (Å²) in [7, 11) is 1.58. The van der Waals surface area contributed by atoms with Crippen molar-refractivity contribution in [1.82, 2.24) is 9.97 Å². The van der Waals surface area contributed by atoms with Gasteiger partial charge in [0, 0.05) is 6.42 Å². The number of hydrogen-bond acceptors (Lipinski definition) is 5. The van der Waals surface area contributed by atoms with Crippen LogP contribution in [0.25, 0.3) is 10.9 Å². The Kier molecular flexibility index (Phi) is 6.66. The Labute approximate surface area is 226 Å². The number of benzene rings is 1. The van der Waals surface area contributed by atoms with Crippen LogP contribution >= 0.6 is 0 Å². The highest BCUT2D eigenvalue weighted by molar-refractivity contribution is 5.84. The van der Waals surface area contributed by atoms with Crippen molar-refractivity contribution in [1.29, 1.82) is 0 Å². The molecule has 1 aromatic carbocycles. The minimum absolute atomic E-state index is 0.130. The number of aliphatic hydroxyl groups is 2. The molecule has 4 aliphatic carbocycles. The fourth-order valence-electron chi connectivity index (χ4n) is 10.2. The van der Waals surface area contributed by atoms with Crippen LogP contribution in [0.5, 0.6) is 5.75 Å². The van der Waals surface area contributed by atoms with E-state index in [9.17, 15) is 15.0 Å². The molecule has 4 fully saturated rings. The van der Waals surface area contributed by atoms with Gasteiger partial charge in [0.2, 0.25) is 0 Å². The highest BCUT2D eigenvalue weighted by Crippen LogP contribution is 2.68. The number of aromatic nitrogens is 2. The number of ether oxygens (including phenoxy) is 1. The number of fused-ring (bicyclic) bond motifs is 6. The molecule has 0 bridgehead atoms. The predicted molar refractivity (Wildman–Crippen MR) is 149 cm³/mol. The Morgan fingerprint density at radius 1 is 1.08 bits per heavy atom. The molecule has 0 aliphatic heterocycles. The van der Waals surface area contributed by atoms with Crippen LogP contribution in [-0.2, 0) is 6.42 Å². The Balaban J connectivity index is 1.18. The number of nitrogens with zero attached hydrogens (tertiary/aromatic N) is 1. The molecule has 1 aromatic heterocycles. The maximum absolute atomic E-state index is 12.8. The Hall–Kier alpha value is -1.92. The van der Waals surface area contributed by atoms with Crippen molar-refractivity contribution in [2.45, 2.75) is 97.2 Å². The van der Waals surface area contributed by atoms with Gasteiger partial charge < -0.3 is 19.9 Å². The van der Waals surface area contributed by atoms with Crippen LogP contribution in [0.1, 0.15) is 84.4 Å². The summed E-state index contributed by atoms with van der Waals surface area (Å²) in [6.45, 7) is 7.40. The van der Waals surface area contributed by atoms with Crippen LogP contribution in [0, 0.1) is 46.3 Å². The zero-order valence-corrected chi connectivity index (χ0v) is 23.6. The normalized spacial score (nSPS) is 41.3. The highest BCUT2D eigenvalue weighted by Gasteiger charge is 2.62. The SMILES string of the molecule is COc1cccc2nc(CC[C@@H](C)[C@H]3CC[C@H]4[C@H]5C(CC[C@]34C)[C@@]3(C)CC[C@@H](O)C[C@H]3C[C@@H]5O)[nH]c(=O)c12. The van der Waals surface area contributed by atoms with Gasteiger partial charge in [-0.25, -0.2) is 4.98 Å². The van der Waals surface area contributed by atoms with Crippen molar-refractivity contribution in [3.05, 3.63) is 34.4 Å². The molecule has 3 N–H and O–H groups in total. The van der Waals surface area contributed by atoms with E-state index >= 15 is 0 Å². The molecular formula is C32H46N2O4. The Morgan fingerprint density at radius 3 is 2.63 bits per heavy atom. The van der Waals surface area contributed by atoms with Crippen molar-refractivity contribution in [2.75, 3.05) is 7.11 Å². The number of methoxy groups -OCH3 is 1. The molecule has 0 saturated heterocycles. The summed E-state index contributed by atoms with van der Waals surface area (Å²) in [6.07, 6.45) is 10.0. The Morgan fingerprint density at radius 2 is 1.84 bits per heavy atom. The second kappa shape index (κ2) is 9.62. The lowest BCUT2D eigenvalue weighted by atomic mass is 9.43. The largest absolute Gasteiger partial charge is 0.496 e. The number of nitrogens with one attached hydrogen (secondary N) is 1. The van der Waals surface area contributed by atoms with Crippen LogP contribution in [0.3, 0.4) is 0 Å². The maximum atomic E-state index is 12.8. The van der Waals surface area contributed by atoms with E-state index < -0.39 is 0 Å².